The highest BCUT2D eigenvalue weighted by Crippen LogP contribution is 2.30. The van der Waals surface area contributed by atoms with Gasteiger partial charge in [0.1, 0.15) is 5.52 Å². The van der Waals surface area contributed by atoms with Crippen LogP contribution in [0.3, 0.4) is 0 Å². The SMILES string of the molecule is O=C(CSc1nc2cc(Cl)ccc2o1)N(C1CCCCC1)C1CCS(=O)(=O)C1. The van der Waals surface area contributed by atoms with Gasteiger partial charge in [-0.25, -0.2) is 13.4 Å². The van der Waals surface area contributed by atoms with Crippen molar-refractivity contribution in [1.82, 2.24) is 9.88 Å². The van der Waals surface area contributed by atoms with E-state index < -0.39 is 9.84 Å². The summed E-state index contributed by atoms with van der Waals surface area (Å²) in [5, 5.41) is 1.01. The molecule has 1 aromatic carbocycles. The molecule has 1 atom stereocenters. The van der Waals surface area contributed by atoms with E-state index in [1.54, 1.807) is 18.2 Å². The molecule has 0 N–H and O–H groups in total. The quantitative estimate of drug-likeness (QED) is 0.653. The molecule has 1 aliphatic carbocycles. The summed E-state index contributed by atoms with van der Waals surface area (Å²) in [5.74, 6) is 0.418. The maximum Gasteiger partial charge on any atom is 0.257 e. The van der Waals surface area contributed by atoms with Gasteiger partial charge in [0.25, 0.3) is 5.22 Å². The molecule has 2 heterocycles. The van der Waals surface area contributed by atoms with Crippen molar-refractivity contribution in [2.75, 3.05) is 17.3 Å². The molecule has 4 rings (SSSR count). The summed E-state index contributed by atoms with van der Waals surface area (Å²) in [7, 11) is -3.05. The van der Waals surface area contributed by atoms with Crippen LogP contribution in [-0.2, 0) is 14.6 Å². The highest BCUT2D eigenvalue weighted by atomic mass is 35.5. The van der Waals surface area contributed by atoms with Crippen LogP contribution in [0.2, 0.25) is 5.02 Å². The van der Waals surface area contributed by atoms with Gasteiger partial charge in [-0.15, -0.1) is 0 Å². The lowest BCUT2D eigenvalue weighted by Crippen LogP contribution is -2.49. The zero-order chi connectivity index (χ0) is 19.7. The highest BCUT2D eigenvalue weighted by molar-refractivity contribution is 7.99. The minimum absolute atomic E-state index is 0.0284. The molecule has 6 nitrogen and oxygen atoms in total. The van der Waals surface area contributed by atoms with E-state index in [-0.39, 0.29) is 35.2 Å². The molecule has 0 spiro atoms. The number of rotatable bonds is 5. The lowest BCUT2D eigenvalue weighted by Gasteiger charge is -2.38. The third-order valence-electron chi connectivity index (χ3n) is 5.51. The van der Waals surface area contributed by atoms with Gasteiger partial charge in [-0.2, -0.15) is 0 Å². The first kappa shape index (κ1) is 20.0. The third kappa shape index (κ3) is 4.49. The number of aromatic nitrogens is 1. The summed E-state index contributed by atoms with van der Waals surface area (Å²) < 4.78 is 29.6. The standard InChI is InChI=1S/C19H23ClN2O4S2/c20-13-6-7-17-16(10-13)21-19(26-17)27-11-18(23)22(14-4-2-1-3-5-14)15-8-9-28(24,25)12-15/h6-7,10,14-15H,1-5,8-9,11-12H2. The van der Waals surface area contributed by atoms with E-state index in [4.69, 9.17) is 16.0 Å². The smallest absolute Gasteiger partial charge is 0.257 e. The van der Waals surface area contributed by atoms with E-state index in [1.807, 2.05) is 4.90 Å². The van der Waals surface area contributed by atoms with Gasteiger partial charge in [0.05, 0.1) is 17.3 Å². The number of nitrogens with zero attached hydrogens (tertiary/aromatic N) is 2. The number of amides is 1. The van der Waals surface area contributed by atoms with Gasteiger partial charge in [0, 0.05) is 17.1 Å². The summed E-state index contributed by atoms with van der Waals surface area (Å²) in [5.41, 5.74) is 1.29. The summed E-state index contributed by atoms with van der Waals surface area (Å²) >= 11 is 7.23. The molecule has 152 valence electrons. The van der Waals surface area contributed by atoms with Crippen molar-refractivity contribution in [2.45, 2.75) is 55.8 Å². The zero-order valence-electron chi connectivity index (χ0n) is 15.5. The summed E-state index contributed by atoms with van der Waals surface area (Å²) in [6, 6.07) is 5.16. The Labute approximate surface area is 173 Å². The van der Waals surface area contributed by atoms with Crippen LogP contribution in [0, 0.1) is 0 Å². The molecule has 0 bridgehead atoms. The molecule has 1 aliphatic heterocycles. The minimum Gasteiger partial charge on any atom is -0.431 e. The first-order valence-electron chi connectivity index (χ1n) is 9.62. The lowest BCUT2D eigenvalue weighted by atomic mass is 9.93. The molecule has 0 radical (unpaired) electrons. The fourth-order valence-electron chi connectivity index (χ4n) is 4.20. The van der Waals surface area contributed by atoms with Crippen molar-refractivity contribution in [2.24, 2.45) is 0 Å². The molecule has 1 saturated heterocycles. The predicted octanol–water partition coefficient (Wildman–Crippen LogP) is 3.92. The second-order valence-electron chi connectivity index (χ2n) is 7.53. The average molecular weight is 443 g/mol. The maximum absolute atomic E-state index is 13.1. The predicted molar refractivity (Wildman–Crippen MR) is 111 cm³/mol. The van der Waals surface area contributed by atoms with Gasteiger partial charge in [-0.05, 0) is 37.5 Å². The number of benzene rings is 1. The Morgan fingerprint density at radius 2 is 2.00 bits per heavy atom. The second kappa shape index (κ2) is 8.24. The van der Waals surface area contributed by atoms with E-state index in [9.17, 15) is 13.2 Å². The lowest BCUT2D eigenvalue weighted by molar-refractivity contribution is -0.133. The number of hydrogen-bond donors (Lipinski definition) is 0. The number of hydrogen-bond acceptors (Lipinski definition) is 6. The fourth-order valence-corrected chi connectivity index (χ4v) is 6.78. The number of oxazole rings is 1. The molecule has 1 unspecified atom stereocenters. The zero-order valence-corrected chi connectivity index (χ0v) is 17.9. The number of carbonyl (C=O) groups excluding carboxylic acids is 1. The van der Waals surface area contributed by atoms with E-state index in [0.717, 1.165) is 25.7 Å². The van der Waals surface area contributed by atoms with Crippen molar-refractivity contribution in [3.8, 4) is 0 Å². The topological polar surface area (TPSA) is 80.5 Å². The van der Waals surface area contributed by atoms with Gasteiger partial charge in [0.2, 0.25) is 5.91 Å². The molecule has 9 heteroatoms. The van der Waals surface area contributed by atoms with E-state index in [1.165, 1.54) is 18.2 Å². The van der Waals surface area contributed by atoms with Crippen molar-refractivity contribution in [3.63, 3.8) is 0 Å². The molecule has 1 amide bonds. The monoisotopic (exact) mass is 442 g/mol. The van der Waals surface area contributed by atoms with Gasteiger partial charge >= 0.3 is 0 Å². The molecule has 28 heavy (non-hydrogen) atoms. The number of thioether (sulfide) groups is 1. The largest absolute Gasteiger partial charge is 0.431 e. The third-order valence-corrected chi connectivity index (χ3v) is 8.31. The summed E-state index contributed by atoms with van der Waals surface area (Å²) in [6.07, 6.45) is 5.81. The number of sulfone groups is 1. The van der Waals surface area contributed by atoms with Crippen LogP contribution in [0.5, 0.6) is 0 Å². The first-order chi connectivity index (χ1) is 13.4. The average Bonchev–Trinajstić information content (AvgIpc) is 3.23. The first-order valence-corrected chi connectivity index (χ1v) is 12.8. The van der Waals surface area contributed by atoms with E-state index in [0.29, 0.717) is 27.8 Å². The molecular weight excluding hydrogens is 420 g/mol. The van der Waals surface area contributed by atoms with Crippen molar-refractivity contribution >= 4 is 50.2 Å². The molecule has 2 fully saturated rings. The van der Waals surface area contributed by atoms with Crippen molar-refractivity contribution in [1.29, 1.82) is 0 Å². The van der Waals surface area contributed by atoms with Gasteiger partial charge in [-0.1, -0.05) is 42.6 Å². The van der Waals surface area contributed by atoms with Crippen LogP contribution >= 0.6 is 23.4 Å². The molecule has 2 aromatic rings. The Hall–Kier alpha value is -1.25. The van der Waals surface area contributed by atoms with Crippen molar-refractivity contribution in [3.05, 3.63) is 23.2 Å². The highest BCUT2D eigenvalue weighted by Gasteiger charge is 2.38. The van der Waals surface area contributed by atoms with Crippen LogP contribution < -0.4 is 0 Å². The number of carbonyl (C=O) groups is 1. The van der Waals surface area contributed by atoms with E-state index in [2.05, 4.69) is 4.98 Å². The normalized spacial score (nSPS) is 22.5. The van der Waals surface area contributed by atoms with Gasteiger partial charge in [-0.3, -0.25) is 4.79 Å². The van der Waals surface area contributed by atoms with Crippen LogP contribution in [0.25, 0.3) is 11.1 Å². The van der Waals surface area contributed by atoms with E-state index >= 15 is 0 Å². The fraction of sp³-hybridized carbons (Fsp3) is 0.579. The van der Waals surface area contributed by atoms with Crippen molar-refractivity contribution < 1.29 is 17.6 Å². The molecule has 1 saturated carbocycles. The maximum atomic E-state index is 13.1. The Bertz CT molecular complexity index is 969. The Kier molecular flexibility index (Phi) is 5.90. The molecule has 2 aliphatic rings. The molecular formula is C19H23ClN2O4S2. The Morgan fingerprint density at radius 1 is 1.21 bits per heavy atom. The van der Waals surface area contributed by atoms with Crippen LogP contribution in [-0.4, -0.2) is 53.6 Å². The van der Waals surface area contributed by atoms with Crippen LogP contribution in [0.4, 0.5) is 0 Å². The second-order valence-corrected chi connectivity index (χ2v) is 11.1. The number of halogens is 1. The van der Waals surface area contributed by atoms with Crippen LogP contribution in [0.15, 0.2) is 27.8 Å². The van der Waals surface area contributed by atoms with Crippen LogP contribution in [0.1, 0.15) is 38.5 Å². The van der Waals surface area contributed by atoms with Gasteiger partial charge in [0.15, 0.2) is 15.4 Å². The van der Waals surface area contributed by atoms with Gasteiger partial charge < -0.3 is 9.32 Å². The minimum atomic E-state index is -3.05. The Morgan fingerprint density at radius 3 is 2.71 bits per heavy atom. The summed E-state index contributed by atoms with van der Waals surface area (Å²) in [4.78, 5) is 19.4. The summed E-state index contributed by atoms with van der Waals surface area (Å²) in [6.45, 7) is 0. The Balaban J connectivity index is 1.48. The number of fused-ring (bicyclic) bond motifs is 1. The molecule has 1 aromatic heterocycles.